The van der Waals surface area contributed by atoms with Gasteiger partial charge in [0, 0.05) is 12.0 Å². The highest BCUT2D eigenvalue weighted by Crippen LogP contribution is 2.33. The minimum Gasteiger partial charge on any atom is -0.468 e. The molecule has 1 rings (SSSR count). The first-order valence-corrected chi connectivity index (χ1v) is 13.1. The number of aryl methyl sites for hydroxylation is 1. The van der Waals surface area contributed by atoms with Crippen molar-refractivity contribution >= 4 is 29.8 Å². The van der Waals surface area contributed by atoms with E-state index in [1.54, 1.807) is 46.8 Å². The van der Waals surface area contributed by atoms with Crippen LogP contribution in [-0.4, -0.2) is 65.5 Å². The van der Waals surface area contributed by atoms with Crippen LogP contribution in [0.15, 0.2) is 24.3 Å². The van der Waals surface area contributed by atoms with E-state index in [4.69, 9.17) is 10.5 Å². The highest BCUT2D eigenvalue weighted by atomic mass is 16.6. The van der Waals surface area contributed by atoms with Crippen molar-refractivity contribution in [2.45, 2.75) is 97.4 Å². The van der Waals surface area contributed by atoms with Crippen LogP contribution in [0.25, 0.3) is 0 Å². The number of hydrogen-bond donors (Lipinski definition) is 3. The van der Waals surface area contributed by atoms with Gasteiger partial charge in [-0.1, -0.05) is 38.1 Å². The maximum absolute atomic E-state index is 14.2. The molecule has 0 radical (unpaired) electrons. The molecule has 0 fully saturated rings. The van der Waals surface area contributed by atoms with Gasteiger partial charge < -0.3 is 30.7 Å². The highest BCUT2D eigenvalue weighted by Gasteiger charge is 2.43. The van der Waals surface area contributed by atoms with Crippen LogP contribution < -0.4 is 16.4 Å². The average molecular weight is 549 g/mol. The van der Waals surface area contributed by atoms with Gasteiger partial charge in [0.1, 0.15) is 24.2 Å². The first-order chi connectivity index (χ1) is 18.1. The molecule has 218 valence electrons. The molecular weight excluding hydrogens is 504 g/mol. The molecule has 0 saturated heterocycles. The Bertz CT molecular complexity index is 1020. The summed E-state index contributed by atoms with van der Waals surface area (Å²) in [5.41, 5.74) is 5.17. The van der Waals surface area contributed by atoms with Gasteiger partial charge in [-0.25, -0.2) is 4.79 Å². The Morgan fingerprint density at radius 2 is 1.59 bits per heavy atom. The van der Waals surface area contributed by atoms with Crippen molar-refractivity contribution in [2.24, 2.45) is 5.73 Å². The van der Waals surface area contributed by atoms with Gasteiger partial charge in [-0.2, -0.15) is 0 Å². The third kappa shape index (κ3) is 10.6. The van der Waals surface area contributed by atoms with Crippen LogP contribution in [0.4, 0.5) is 4.79 Å². The molecule has 2 atom stereocenters. The second-order valence-electron chi connectivity index (χ2n) is 10.9. The van der Waals surface area contributed by atoms with E-state index < -0.39 is 59.6 Å². The number of alkyl carbamates (subject to hydrolysis) is 1. The number of amides is 4. The van der Waals surface area contributed by atoms with Crippen LogP contribution in [-0.2, 0) is 35.1 Å². The third-order valence-corrected chi connectivity index (χ3v) is 6.27. The lowest BCUT2D eigenvalue weighted by Gasteiger charge is -2.44. The second-order valence-corrected chi connectivity index (χ2v) is 10.9. The molecule has 39 heavy (non-hydrogen) atoms. The Hall–Kier alpha value is -3.63. The van der Waals surface area contributed by atoms with Crippen LogP contribution in [0.5, 0.6) is 0 Å². The number of primary amides is 1. The predicted octanol–water partition coefficient (Wildman–Crippen LogP) is 2.76. The van der Waals surface area contributed by atoms with E-state index in [1.165, 1.54) is 12.0 Å². The molecule has 4 amide bonds. The van der Waals surface area contributed by atoms with Gasteiger partial charge in [0.25, 0.3) is 0 Å². The number of nitrogens with one attached hydrogen (secondary N) is 2. The minimum atomic E-state index is -1.22. The molecule has 0 saturated carbocycles. The van der Waals surface area contributed by atoms with Crippen LogP contribution in [0.1, 0.15) is 84.9 Å². The summed E-state index contributed by atoms with van der Waals surface area (Å²) in [4.78, 5) is 65.3. The number of nitrogens with zero attached hydrogens (tertiary/aromatic N) is 1. The standard InChI is InChI=1S/C28H44N4O7/c1-9-18-11-13-19(14-12-18)23(24(35)30-17-22(34)38-8)32(28(6,7)10-2)25(36)20(15-16-21(29)33)31-26(37)39-27(3,4)5/h11-14,20,23H,9-10,15-17H2,1-8H3,(H2,29,33)(H,30,35)(H,31,37). The molecule has 1 aromatic carbocycles. The fourth-order valence-electron chi connectivity index (χ4n) is 3.79. The zero-order valence-electron chi connectivity index (χ0n) is 24.4. The molecule has 0 aromatic heterocycles. The topological polar surface area (TPSA) is 157 Å². The van der Waals surface area contributed by atoms with E-state index in [2.05, 4.69) is 15.4 Å². The van der Waals surface area contributed by atoms with Crippen LogP contribution in [0.2, 0.25) is 0 Å². The number of nitrogens with two attached hydrogens (primary N) is 1. The van der Waals surface area contributed by atoms with Crippen molar-refractivity contribution in [2.75, 3.05) is 13.7 Å². The molecular formula is C28H44N4O7. The van der Waals surface area contributed by atoms with Crippen LogP contribution >= 0.6 is 0 Å². The number of carbonyl (C=O) groups is 5. The first kappa shape index (κ1) is 33.4. The molecule has 11 heteroatoms. The van der Waals surface area contributed by atoms with E-state index in [1.807, 2.05) is 26.0 Å². The average Bonchev–Trinajstić information content (AvgIpc) is 2.86. The number of methoxy groups -OCH3 is 1. The summed E-state index contributed by atoms with van der Waals surface area (Å²) < 4.78 is 9.99. The molecule has 0 aliphatic heterocycles. The lowest BCUT2D eigenvalue weighted by molar-refractivity contribution is -0.150. The maximum atomic E-state index is 14.2. The van der Waals surface area contributed by atoms with Crippen molar-refractivity contribution < 1.29 is 33.4 Å². The SMILES string of the molecule is CCc1ccc(C(C(=O)NCC(=O)OC)N(C(=O)C(CCC(N)=O)NC(=O)OC(C)(C)C)C(C)(C)CC)cc1. The molecule has 1 aromatic rings. The first-order valence-electron chi connectivity index (χ1n) is 13.1. The summed E-state index contributed by atoms with van der Waals surface area (Å²) >= 11 is 0. The summed E-state index contributed by atoms with van der Waals surface area (Å²) in [5.74, 6) is -2.51. The number of hydrogen-bond acceptors (Lipinski definition) is 7. The number of esters is 1. The minimum absolute atomic E-state index is 0.102. The molecule has 11 nitrogen and oxygen atoms in total. The smallest absolute Gasteiger partial charge is 0.408 e. The monoisotopic (exact) mass is 548 g/mol. The van der Waals surface area contributed by atoms with Crippen molar-refractivity contribution in [3.8, 4) is 0 Å². The van der Waals surface area contributed by atoms with Gasteiger partial charge in [-0.05, 0) is 65.0 Å². The van der Waals surface area contributed by atoms with Crippen molar-refractivity contribution in [3.05, 3.63) is 35.4 Å². The summed E-state index contributed by atoms with van der Waals surface area (Å²) in [7, 11) is 1.21. The molecule has 0 aliphatic carbocycles. The highest BCUT2D eigenvalue weighted by molar-refractivity contribution is 5.94. The number of rotatable bonds is 13. The van der Waals surface area contributed by atoms with Crippen LogP contribution in [0, 0.1) is 0 Å². The van der Waals surface area contributed by atoms with Gasteiger partial charge in [0.05, 0.1) is 7.11 Å². The Morgan fingerprint density at radius 3 is 2.05 bits per heavy atom. The third-order valence-electron chi connectivity index (χ3n) is 6.27. The largest absolute Gasteiger partial charge is 0.468 e. The fourth-order valence-corrected chi connectivity index (χ4v) is 3.79. The second kappa shape index (κ2) is 14.5. The van der Waals surface area contributed by atoms with E-state index in [0.29, 0.717) is 12.0 Å². The maximum Gasteiger partial charge on any atom is 0.408 e. The van der Waals surface area contributed by atoms with Crippen molar-refractivity contribution in [1.29, 1.82) is 0 Å². The van der Waals surface area contributed by atoms with Gasteiger partial charge in [-0.3, -0.25) is 19.2 Å². The number of benzene rings is 1. The van der Waals surface area contributed by atoms with Gasteiger partial charge in [0.15, 0.2) is 0 Å². The lowest BCUT2D eigenvalue weighted by atomic mass is 9.91. The Balaban J connectivity index is 3.65. The van der Waals surface area contributed by atoms with E-state index in [-0.39, 0.29) is 12.8 Å². The summed E-state index contributed by atoms with van der Waals surface area (Å²) in [5, 5.41) is 5.12. The Morgan fingerprint density at radius 1 is 1.00 bits per heavy atom. The summed E-state index contributed by atoms with van der Waals surface area (Å²) in [6.07, 6.45) is 0.0871. The van der Waals surface area contributed by atoms with Gasteiger partial charge in [0.2, 0.25) is 17.7 Å². The molecule has 0 heterocycles. The Labute approximate surface area is 231 Å². The Kier molecular flexibility index (Phi) is 12.4. The number of ether oxygens (including phenoxy) is 2. The van der Waals surface area contributed by atoms with Gasteiger partial charge in [-0.15, -0.1) is 0 Å². The summed E-state index contributed by atoms with van der Waals surface area (Å²) in [6, 6.07) is 4.85. The zero-order valence-corrected chi connectivity index (χ0v) is 24.4. The fraction of sp³-hybridized carbons (Fsp3) is 0.607. The van der Waals surface area contributed by atoms with Crippen molar-refractivity contribution in [3.63, 3.8) is 0 Å². The van der Waals surface area contributed by atoms with E-state index >= 15 is 0 Å². The quantitative estimate of drug-likeness (QED) is 0.320. The van der Waals surface area contributed by atoms with Crippen molar-refractivity contribution in [1.82, 2.24) is 15.5 Å². The van der Waals surface area contributed by atoms with E-state index in [9.17, 15) is 24.0 Å². The predicted molar refractivity (Wildman–Crippen MR) is 146 cm³/mol. The molecule has 0 spiro atoms. The molecule has 0 bridgehead atoms. The molecule has 2 unspecified atom stereocenters. The number of carbonyl (C=O) groups excluding carboxylic acids is 5. The molecule has 4 N–H and O–H groups in total. The van der Waals surface area contributed by atoms with Gasteiger partial charge >= 0.3 is 12.1 Å². The van der Waals surface area contributed by atoms with E-state index in [0.717, 1.165) is 12.0 Å². The molecule has 0 aliphatic rings. The normalized spacial score (nSPS) is 13.0. The zero-order chi connectivity index (χ0) is 30.0. The van der Waals surface area contributed by atoms with Crippen LogP contribution in [0.3, 0.4) is 0 Å². The lowest BCUT2D eigenvalue weighted by Crippen LogP contribution is -2.59. The summed E-state index contributed by atoms with van der Waals surface area (Å²) in [6.45, 7) is 12.1.